The van der Waals surface area contributed by atoms with Crippen molar-refractivity contribution in [2.24, 2.45) is 0 Å². The zero-order valence-corrected chi connectivity index (χ0v) is 12.9. The largest absolute Gasteiger partial charge is 0.480 e. The van der Waals surface area contributed by atoms with E-state index in [4.69, 9.17) is 0 Å². The van der Waals surface area contributed by atoms with E-state index in [-0.39, 0.29) is 5.78 Å². The second-order valence-electron chi connectivity index (χ2n) is 5.56. The first-order valence-electron chi connectivity index (χ1n) is 7.46. The van der Waals surface area contributed by atoms with Gasteiger partial charge in [0, 0.05) is 12.8 Å². The molecule has 2 N–H and O–H groups in total. The highest BCUT2D eigenvalue weighted by Gasteiger charge is 2.36. The lowest BCUT2D eigenvalue weighted by Crippen LogP contribution is -2.52. The minimum Gasteiger partial charge on any atom is -0.480 e. The third-order valence-electron chi connectivity index (χ3n) is 3.87. The maximum atomic E-state index is 11.7. The number of nitrogens with one attached hydrogen (secondary N) is 1. The van der Waals surface area contributed by atoms with E-state index < -0.39 is 11.5 Å². The number of benzene rings is 1. The van der Waals surface area contributed by atoms with Gasteiger partial charge in [-0.1, -0.05) is 43.2 Å². The van der Waals surface area contributed by atoms with Crippen molar-refractivity contribution in [2.75, 3.05) is 7.05 Å². The Hall–Kier alpha value is -1.68. The van der Waals surface area contributed by atoms with Crippen LogP contribution in [0.1, 0.15) is 44.6 Å². The number of carboxylic acid groups (broad SMARTS) is 1. The Labute approximate surface area is 126 Å². The van der Waals surface area contributed by atoms with Crippen molar-refractivity contribution in [3.05, 3.63) is 35.9 Å². The molecule has 4 heteroatoms. The highest BCUT2D eigenvalue weighted by molar-refractivity contribution is 5.79. The van der Waals surface area contributed by atoms with Gasteiger partial charge in [-0.3, -0.25) is 4.79 Å². The fraction of sp³-hybridized carbons (Fsp3) is 0.529. The molecular formula is C17H25NO3. The molecule has 4 nitrogen and oxygen atoms in total. The molecule has 116 valence electrons. The van der Waals surface area contributed by atoms with Crippen LogP contribution >= 0.6 is 0 Å². The monoisotopic (exact) mass is 291 g/mol. The van der Waals surface area contributed by atoms with Gasteiger partial charge in [0.05, 0.1) is 0 Å². The van der Waals surface area contributed by atoms with Gasteiger partial charge in [0.1, 0.15) is 11.3 Å². The normalized spacial score (nSPS) is 13.6. The van der Waals surface area contributed by atoms with Gasteiger partial charge in [-0.2, -0.15) is 0 Å². The number of likely N-dealkylation sites (N-methyl/N-ethyl adjacent to an activating group) is 1. The summed E-state index contributed by atoms with van der Waals surface area (Å²) in [6.45, 7) is 1.59. The first kappa shape index (κ1) is 17.4. The first-order chi connectivity index (χ1) is 10.00. The molecule has 0 radical (unpaired) electrons. The van der Waals surface area contributed by atoms with E-state index in [0.29, 0.717) is 19.3 Å². The summed E-state index contributed by atoms with van der Waals surface area (Å²) < 4.78 is 0. The van der Waals surface area contributed by atoms with Crippen molar-refractivity contribution >= 4 is 11.8 Å². The molecule has 1 atom stereocenters. The van der Waals surface area contributed by atoms with E-state index in [1.165, 1.54) is 0 Å². The number of hydrogen-bond donors (Lipinski definition) is 2. The molecule has 0 aliphatic heterocycles. The fourth-order valence-corrected chi connectivity index (χ4v) is 2.51. The molecule has 1 aromatic carbocycles. The summed E-state index contributed by atoms with van der Waals surface area (Å²) in [5, 5.41) is 12.6. The number of carbonyl (C=O) groups is 2. The minimum atomic E-state index is -0.933. The molecule has 0 amide bonds. The Morgan fingerprint density at radius 1 is 1.14 bits per heavy atom. The molecule has 0 saturated carbocycles. The summed E-state index contributed by atoms with van der Waals surface area (Å²) in [6, 6.07) is 9.66. The van der Waals surface area contributed by atoms with Crippen molar-refractivity contribution in [1.82, 2.24) is 5.32 Å². The van der Waals surface area contributed by atoms with Gasteiger partial charge in [0.25, 0.3) is 0 Å². The zero-order chi connectivity index (χ0) is 15.7. The topological polar surface area (TPSA) is 66.4 Å². The summed E-state index contributed by atoms with van der Waals surface area (Å²) in [5.74, 6) is -0.627. The lowest BCUT2D eigenvalue weighted by molar-refractivity contribution is -0.145. The molecule has 1 aromatic rings. The molecule has 1 rings (SSSR count). The number of aliphatic carboxylic acids is 1. The van der Waals surface area contributed by atoms with Crippen LogP contribution in [0.15, 0.2) is 30.3 Å². The van der Waals surface area contributed by atoms with Gasteiger partial charge in [0.15, 0.2) is 0 Å². The number of hydrogen-bond acceptors (Lipinski definition) is 3. The third-order valence-corrected chi connectivity index (χ3v) is 3.87. The van der Waals surface area contributed by atoms with Crippen LogP contribution in [-0.2, 0) is 16.0 Å². The van der Waals surface area contributed by atoms with Crippen LogP contribution in [0.3, 0.4) is 0 Å². The van der Waals surface area contributed by atoms with Crippen LogP contribution in [0.5, 0.6) is 0 Å². The van der Waals surface area contributed by atoms with Gasteiger partial charge >= 0.3 is 5.97 Å². The fourth-order valence-electron chi connectivity index (χ4n) is 2.51. The van der Waals surface area contributed by atoms with Crippen molar-refractivity contribution in [3.8, 4) is 0 Å². The second-order valence-corrected chi connectivity index (χ2v) is 5.56. The highest BCUT2D eigenvalue weighted by Crippen LogP contribution is 2.21. The molecule has 0 bridgehead atoms. The first-order valence-corrected chi connectivity index (χ1v) is 7.46. The number of carbonyl (C=O) groups excluding carboxylic acids is 1. The second kappa shape index (κ2) is 8.57. The van der Waals surface area contributed by atoms with Gasteiger partial charge in [-0.15, -0.1) is 0 Å². The summed E-state index contributed by atoms with van der Waals surface area (Å²) in [7, 11) is 1.70. The third kappa shape index (κ3) is 5.68. The number of Topliss-reactive ketones (excluding diaryl/α,β-unsaturated/α-hetero) is 1. The lowest BCUT2D eigenvalue weighted by Gasteiger charge is -2.29. The summed E-state index contributed by atoms with van der Waals surface area (Å²) in [4.78, 5) is 22.6. The molecule has 21 heavy (non-hydrogen) atoms. The average Bonchev–Trinajstić information content (AvgIpc) is 2.46. The quantitative estimate of drug-likeness (QED) is 0.651. The standard InChI is InChI=1S/C17H25NO3/c1-14(19)9-5-4-8-12-17(18-2,16(20)21)13-15-10-6-3-7-11-15/h3,6-7,10-11,18H,4-5,8-9,12-13H2,1-2H3,(H,20,21). The molecular weight excluding hydrogens is 266 g/mol. The molecule has 0 heterocycles. The lowest BCUT2D eigenvalue weighted by atomic mass is 9.85. The summed E-state index contributed by atoms with van der Waals surface area (Å²) in [5.41, 5.74) is 0.0791. The molecule has 0 aliphatic rings. The zero-order valence-electron chi connectivity index (χ0n) is 12.9. The van der Waals surface area contributed by atoms with E-state index in [0.717, 1.165) is 24.8 Å². The smallest absolute Gasteiger partial charge is 0.324 e. The average molecular weight is 291 g/mol. The minimum absolute atomic E-state index is 0.192. The molecule has 0 saturated heterocycles. The van der Waals surface area contributed by atoms with Crippen LogP contribution in [0, 0.1) is 0 Å². The Morgan fingerprint density at radius 3 is 2.33 bits per heavy atom. The number of rotatable bonds is 10. The predicted molar refractivity (Wildman–Crippen MR) is 83.3 cm³/mol. The van der Waals surface area contributed by atoms with E-state index in [2.05, 4.69) is 5.32 Å². The van der Waals surface area contributed by atoms with E-state index in [1.807, 2.05) is 30.3 Å². The molecule has 0 spiro atoms. The Morgan fingerprint density at radius 2 is 1.81 bits per heavy atom. The number of carboxylic acids is 1. The predicted octanol–water partition coefficient (Wildman–Crippen LogP) is 2.81. The SMILES string of the molecule is CNC(CCCCCC(C)=O)(Cc1ccccc1)C(=O)O. The Bertz CT molecular complexity index is 458. The van der Waals surface area contributed by atoms with Crippen molar-refractivity contribution in [1.29, 1.82) is 0 Å². The Balaban J connectivity index is 2.62. The summed E-state index contributed by atoms with van der Waals surface area (Å²) in [6.07, 6.45) is 4.12. The van der Waals surface area contributed by atoms with Crippen molar-refractivity contribution < 1.29 is 14.7 Å². The molecule has 0 aliphatic carbocycles. The van der Waals surface area contributed by atoms with Gasteiger partial charge in [-0.25, -0.2) is 0 Å². The Kier molecular flexibility index (Phi) is 7.09. The summed E-state index contributed by atoms with van der Waals surface area (Å²) >= 11 is 0. The maximum Gasteiger partial charge on any atom is 0.324 e. The number of unbranched alkanes of at least 4 members (excludes halogenated alkanes) is 2. The molecule has 1 unspecified atom stereocenters. The van der Waals surface area contributed by atoms with Crippen LogP contribution in [0.4, 0.5) is 0 Å². The van der Waals surface area contributed by atoms with E-state index in [1.54, 1.807) is 14.0 Å². The number of ketones is 1. The van der Waals surface area contributed by atoms with E-state index >= 15 is 0 Å². The van der Waals surface area contributed by atoms with E-state index in [9.17, 15) is 14.7 Å². The van der Waals surface area contributed by atoms with Crippen LogP contribution in [0.2, 0.25) is 0 Å². The van der Waals surface area contributed by atoms with Crippen LogP contribution < -0.4 is 5.32 Å². The van der Waals surface area contributed by atoms with Crippen LogP contribution in [-0.4, -0.2) is 29.4 Å². The van der Waals surface area contributed by atoms with Gasteiger partial charge in [-0.05, 0) is 32.4 Å². The molecule has 0 fully saturated rings. The molecule has 0 aromatic heterocycles. The van der Waals surface area contributed by atoms with Crippen LogP contribution in [0.25, 0.3) is 0 Å². The van der Waals surface area contributed by atoms with Gasteiger partial charge < -0.3 is 15.2 Å². The maximum absolute atomic E-state index is 11.7. The highest BCUT2D eigenvalue weighted by atomic mass is 16.4. The van der Waals surface area contributed by atoms with Gasteiger partial charge in [0.2, 0.25) is 0 Å². The van der Waals surface area contributed by atoms with Crippen molar-refractivity contribution in [3.63, 3.8) is 0 Å². The van der Waals surface area contributed by atoms with Crippen molar-refractivity contribution in [2.45, 2.75) is 51.0 Å².